The first-order chi connectivity index (χ1) is 5.65. The van der Waals surface area contributed by atoms with Crippen LogP contribution < -0.4 is 11.4 Å². The molecule has 0 aliphatic carbocycles. The molecule has 6 heteroatoms. The Balaban J connectivity index is 3.21. The van der Waals surface area contributed by atoms with Crippen LogP contribution in [0, 0.1) is 5.41 Å². The first kappa shape index (κ1) is 8.66. The lowest BCUT2D eigenvalue weighted by Gasteiger charge is -2.02. The Hall–Kier alpha value is -1.43. The van der Waals surface area contributed by atoms with Crippen molar-refractivity contribution in [3.8, 4) is 0 Å². The maximum atomic E-state index is 9.00. The Bertz CT molecular complexity index is 359. The molecular weight excluding hydrogens is 176 g/mol. The van der Waals surface area contributed by atoms with E-state index in [1.165, 1.54) is 11.4 Å². The largest absolute Gasteiger partial charge is 0.423 e. The molecule has 0 aromatic carbocycles. The van der Waals surface area contributed by atoms with E-state index in [9.17, 15) is 0 Å². The van der Waals surface area contributed by atoms with E-state index < -0.39 is 0 Å². The molecule has 1 aromatic rings. The fraction of sp³-hybridized carbons (Fsp3) is 0.167. The van der Waals surface area contributed by atoms with Crippen molar-refractivity contribution in [1.82, 2.24) is 9.71 Å². The average molecular weight is 184 g/mol. The van der Waals surface area contributed by atoms with Crippen molar-refractivity contribution in [2.75, 3.05) is 5.73 Å². The summed E-state index contributed by atoms with van der Waals surface area (Å²) in [5.41, 5.74) is 5.65. The number of hydrogen-bond donors (Lipinski definition) is 3. The van der Waals surface area contributed by atoms with Crippen molar-refractivity contribution in [3.05, 3.63) is 17.4 Å². The van der Waals surface area contributed by atoms with Crippen molar-refractivity contribution in [3.63, 3.8) is 0 Å². The van der Waals surface area contributed by atoms with Crippen molar-refractivity contribution in [2.24, 2.45) is 0 Å². The van der Waals surface area contributed by atoms with E-state index in [0.29, 0.717) is 16.8 Å². The third-order valence-electron chi connectivity index (χ3n) is 1.30. The van der Waals surface area contributed by atoms with Crippen molar-refractivity contribution in [2.45, 2.75) is 6.42 Å². The van der Waals surface area contributed by atoms with Crippen LogP contribution in [0.4, 0.5) is 5.82 Å². The van der Waals surface area contributed by atoms with Crippen molar-refractivity contribution < 1.29 is 5.21 Å². The normalized spacial score (nSPS) is 9.67. The Morgan fingerprint density at radius 2 is 2.50 bits per heavy atom. The molecule has 0 saturated carbocycles. The molecule has 0 spiro atoms. The standard InChI is InChI=1S/C6H8N4OS/c7-5-3-4(1-2-12)9-6(8)10(5)11/h2-3,8,11H,1,7H2. The second-order valence-electron chi connectivity index (χ2n) is 2.18. The van der Waals surface area contributed by atoms with Crippen LogP contribution in [0.2, 0.25) is 0 Å². The van der Waals surface area contributed by atoms with E-state index in [0.717, 1.165) is 0 Å². The number of nitrogens with one attached hydrogen (secondary N) is 1. The molecule has 64 valence electrons. The topological polar surface area (TPSA) is 87.9 Å². The molecule has 12 heavy (non-hydrogen) atoms. The van der Waals surface area contributed by atoms with E-state index in [4.69, 9.17) is 16.4 Å². The van der Waals surface area contributed by atoms with Gasteiger partial charge in [-0.3, -0.25) is 5.41 Å². The number of anilines is 1. The minimum atomic E-state index is -0.290. The highest BCUT2D eigenvalue weighted by molar-refractivity contribution is 7.78. The third kappa shape index (κ3) is 1.59. The van der Waals surface area contributed by atoms with Crippen molar-refractivity contribution in [1.29, 1.82) is 5.41 Å². The van der Waals surface area contributed by atoms with Crippen LogP contribution in [0.1, 0.15) is 5.69 Å². The van der Waals surface area contributed by atoms with E-state index in [1.54, 1.807) is 0 Å². The molecule has 0 amide bonds. The minimum absolute atomic E-state index is 0.0850. The highest BCUT2D eigenvalue weighted by Gasteiger charge is 1.99. The summed E-state index contributed by atoms with van der Waals surface area (Å²) in [6, 6.07) is 1.47. The highest BCUT2D eigenvalue weighted by Crippen LogP contribution is 1.98. The number of nitrogens with two attached hydrogens (primary N) is 1. The van der Waals surface area contributed by atoms with Gasteiger partial charge in [-0.15, -0.1) is 4.73 Å². The van der Waals surface area contributed by atoms with Gasteiger partial charge in [0, 0.05) is 12.5 Å². The van der Waals surface area contributed by atoms with Gasteiger partial charge in [-0.1, -0.05) is 12.2 Å². The summed E-state index contributed by atoms with van der Waals surface area (Å²) >= 11 is 4.62. The molecular formula is C6H8N4OS. The van der Waals surface area contributed by atoms with E-state index in [2.05, 4.69) is 17.2 Å². The summed E-state index contributed by atoms with van der Waals surface area (Å²) in [6.07, 6.45) is 0.465. The summed E-state index contributed by atoms with van der Waals surface area (Å²) in [6.45, 7) is 0. The van der Waals surface area contributed by atoms with Gasteiger partial charge in [0.15, 0.2) is 0 Å². The van der Waals surface area contributed by atoms with Gasteiger partial charge in [0.05, 0.1) is 5.69 Å². The van der Waals surface area contributed by atoms with Gasteiger partial charge < -0.3 is 10.9 Å². The summed E-state index contributed by atoms with van der Waals surface area (Å²) in [5.74, 6) is 0.0850. The molecule has 1 rings (SSSR count). The fourth-order valence-electron chi connectivity index (χ4n) is 0.760. The maximum absolute atomic E-state index is 9.00. The molecule has 0 atom stereocenters. The number of rotatable bonds is 2. The molecule has 4 N–H and O–H groups in total. The summed E-state index contributed by atoms with van der Waals surface area (Å²) in [5, 5.41) is 17.6. The number of aromatic nitrogens is 2. The quantitative estimate of drug-likeness (QED) is 0.436. The van der Waals surface area contributed by atoms with Gasteiger partial charge in [0.2, 0.25) is 0 Å². The molecule has 0 aliphatic rings. The number of thiocarbonyl (C=S) groups is 1. The Labute approximate surface area is 73.9 Å². The fourth-order valence-corrected chi connectivity index (χ4v) is 0.931. The molecule has 0 fully saturated rings. The Morgan fingerprint density at radius 1 is 1.83 bits per heavy atom. The predicted octanol–water partition coefficient (Wildman–Crippen LogP) is -0.276. The smallest absolute Gasteiger partial charge is 0.257 e. The average Bonchev–Trinajstić information content (AvgIpc) is 2.01. The number of hydrogen-bond acceptors (Lipinski definition) is 5. The second-order valence-corrected chi connectivity index (χ2v) is 2.51. The Kier molecular flexibility index (Phi) is 2.39. The van der Waals surface area contributed by atoms with Crippen LogP contribution in [-0.2, 0) is 6.42 Å². The molecule has 1 aromatic heterocycles. The zero-order valence-electron chi connectivity index (χ0n) is 6.19. The van der Waals surface area contributed by atoms with E-state index in [-0.39, 0.29) is 11.4 Å². The van der Waals surface area contributed by atoms with E-state index in [1.807, 2.05) is 0 Å². The molecule has 5 nitrogen and oxygen atoms in total. The van der Waals surface area contributed by atoms with Gasteiger partial charge >= 0.3 is 0 Å². The molecule has 0 radical (unpaired) electrons. The first-order valence-corrected chi connectivity index (χ1v) is 3.68. The zero-order valence-corrected chi connectivity index (χ0v) is 7.01. The minimum Gasteiger partial charge on any atom is -0.423 e. The van der Waals surface area contributed by atoms with Crippen LogP contribution in [0.15, 0.2) is 6.07 Å². The van der Waals surface area contributed by atoms with Gasteiger partial charge in [-0.2, -0.15) is 0 Å². The van der Waals surface area contributed by atoms with Crippen LogP contribution in [0.5, 0.6) is 0 Å². The SMILES string of the molecule is N=c1nc(CC=S)cc(N)n1O. The molecule has 0 bridgehead atoms. The lowest BCUT2D eigenvalue weighted by atomic mass is 10.3. The zero-order chi connectivity index (χ0) is 9.14. The van der Waals surface area contributed by atoms with Gasteiger partial charge in [0.25, 0.3) is 5.62 Å². The summed E-state index contributed by atoms with van der Waals surface area (Å²) in [4.78, 5) is 3.72. The van der Waals surface area contributed by atoms with Crippen LogP contribution in [0.3, 0.4) is 0 Å². The van der Waals surface area contributed by atoms with Crippen LogP contribution in [-0.4, -0.2) is 20.3 Å². The second kappa shape index (κ2) is 3.31. The molecule has 0 unspecified atom stereocenters. The Morgan fingerprint density at radius 3 is 3.00 bits per heavy atom. The number of nitrogen functional groups attached to an aromatic ring is 1. The monoisotopic (exact) mass is 184 g/mol. The predicted molar refractivity (Wildman–Crippen MR) is 47.0 cm³/mol. The van der Waals surface area contributed by atoms with E-state index >= 15 is 0 Å². The molecule has 0 saturated heterocycles. The first-order valence-electron chi connectivity index (χ1n) is 3.21. The van der Waals surface area contributed by atoms with Crippen LogP contribution >= 0.6 is 12.2 Å². The highest BCUT2D eigenvalue weighted by atomic mass is 32.1. The van der Waals surface area contributed by atoms with Gasteiger partial charge in [-0.25, -0.2) is 4.98 Å². The number of nitrogens with zero attached hydrogens (tertiary/aromatic N) is 2. The molecule has 0 aliphatic heterocycles. The van der Waals surface area contributed by atoms with Gasteiger partial charge in [0.1, 0.15) is 5.82 Å². The lowest BCUT2D eigenvalue weighted by molar-refractivity contribution is 0.171. The summed E-state index contributed by atoms with van der Waals surface area (Å²) < 4.78 is 0.507. The lowest BCUT2D eigenvalue weighted by Crippen LogP contribution is -2.24. The van der Waals surface area contributed by atoms with Crippen LogP contribution in [0.25, 0.3) is 0 Å². The molecule has 1 heterocycles. The third-order valence-corrected chi connectivity index (χ3v) is 1.47. The van der Waals surface area contributed by atoms with Gasteiger partial charge in [-0.05, 0) is 5.37 Å². The van der Waals surface area contributed by atoms with Crippen molar-refractivity contribution >= 4 is 23.4 Å². The summed E-state index contributed by atoms with van der Waals surface area (Å²) in [7, 11) is 0. The maximum Gasteiger partial charge on any atom is 0.257 e.